The van der Waals surface area contributed by atoms with Crippen molar-refractivity contribution in [2.45, 2.75) is 13.5 Å². The molecule has 0 atom stereocenters. The highest BCUT2D eigenvalue weighted by Crippen LogP contribution is 2.21. The first kappa shape index (κ1) is 11.3. The van der Waals surface area contributed by atoms with Gasteiger partial charge in [0.05, 0.1) is 16.8 Å². The van der Waals surface area contributed by atoms with Crippen LogP contribution in [-0.2, 0) is 6.54 Å². The summed E-state index contributed by atoms with van der Waals surface area (Å²) in [4.78, 5) is 4.51. The SMILES string of the molecule is CCNC(=S)NCc1nc2ccccc2s1. The van der Waals surface area contributed by atoms with Gasteiger partial charge in [-0.3, -0.25) is 0 Å². The molecule has 0 unspecified atom stereocenters. The lowest BCUT2D eigenvalue weighted by Gasteiger charge is -2.05. The summed E-state index contributed by atoms with van der Waals surface area (Å²) >= 11 is 6.78. The van der Waals surface area contributed by atoms with E-state index in [1.54, 1.807) is 11.3 Å². The summed E-state index contributed by atoms with van der Waals surface area (Å²) in [7, 11) is 0. The molecule has 0 aliphatic carbocycles. The molecule has 2 N–H and O–H groups in total. The molecule has 0 bridgehead atoms. The van der Waals surface area contributed by atoms with E-state index >= 15 is 0 Å². The van der Waals surface area contributed by atoms with Gasteiger partial charge in [-0.15, -0.1) is 11.3 Å². The Balaban J connectivity index is 2.02. The molecule has 0 radical (unpaired) electrons. The zero-order chi connectivity index (χ0) is 11.4. The number of aromatic nitrogens is 1. The Morgan fingerprint density at radius 2 is 2.19 bits per heavy atom. The molecule has 5 heteroatoms. The molecule has 2 aromatic rings. The molecule has 0 saturated heterocycles. The van der Waals surface area contributed by atoms with Gasteiger partial charge >= 0.3 is 0 Å². The molecule has 0 amide bonds. The van der Waals surface area contributed by atoms with Crippen LogP contribution in [0.1, 0.15) is 11.9 Å². The molecule has 16 heavy (non-hydrogen) atoms. The van der Waals surface area contributed by atoms with Crippen LogP contribution >= 0.6 is 23.6 Å². The van der Waals surface area contributed by atoms with Crippen LogP contribution in [0.5, 0.6) is 0 Å². The second kappa shape index (κ2) is 5.23. The van der Waals surface area contributed by atoms with Crippen molar-refractivity contribution in [3.05, 3.63) is 29.3 Å². The van der Waals surface area contributed by atoms with Crippen molar-refractivity contribution in [1.82, 2.24) is 15.6 Å². The van der Waals surface area contributed by atoms with Gasteiger partial charge in [-0.25, -0.2) is 4.98 Å². The highest BCUT2D eigenvalue weighted by molar-refractivity contribution is 7.80. The summed E-state index contributed by atoms with van der Waals surface area (Å²) in [5.41, 5.74) is 1.05. The third-order valence-electron chi connectivity index (χ3n) is 2.08. The Hall–Kier alpha value is -1.20. The summed E-state index contributed by atoms with van der Waals surface area (Å²) < 4.78 is 1.22. The highest BCUT2D eigenvalue weighted by atomic mass is 32.1. The number of benzene rings is 1. The van der Waals surface area contributed by atoms with Gasteiger partial charge < -0.3 is 10.6 Å². The molecule has 1 aromatic heterocycles. The van der Waals surface area contributed by atoms with Crippen LogP contribution in [-0.4, -0.2) is 16.6 Å². The number of fused-ring (bicyclic) bond motifs is 1. The highest BCUT2D eigenvalue weighted by Gasteiger charge is 2.02. The fourth-order valence-electron chi connectivity index (χ4n) is 1.37. The molecule has 1 aromatic carbocycles. The Bertz CT molecular complexity index is 460. The van der Waals surface area contributed by atoms with Gasteiger partial charge in [0.2, 0.25) is 0 Å². The van der Waals surface area contributed by atoms with Crippen LogP contribution in [0.3, 0.4) is 0 Å². The first-order valence-electron chi connectivity index (χ1n) is 5.15. The Labute approximate surface area is 104 Å². The Morgan fingerprint density at radius 3 is 2.94 bits per heavy atom. The Morgan fingerprint density at radius 1 is 1.38 bits per heavy atom. The van der Waals surface area contributed by atoms with Gasteiger partial charge in [0.1, 0.15) is 5.01 Å². The minimum Gasteiger partial charge on any atom is -0.363 e. The maximum Gasteiger partial charge on any atom is 0.166 e. The third-order valence-corrected chi connectivity index (χ3v) is 3.40. The second-order valence-corrected chi connectivity index (χ2v) is 4.81. The molecule has 0 spiro atoms. The zero-order valence-corrected chi connectivity index (χ0v) is 10.6. The quantitative estimate of drug-likeness (QED) is 0.821. The van der Waals surface area contributed by atoms with E-state index in [1.165, 1.54) is 4.70 Å². The van der Waals surface area contributed by atoms with Crippen molar-refractivity contribution >= 4 is 38.9 Å². The van der Waals surface area contributed by atoms with Gasteiger partial charge in [0.25, 0.3) is 0 Å². The monoisotopic (exact) mass is 251 g/mol. The molecular weight excluding hydrogens is 238 g/mol. The first-order chi connectivity index (χ1) is 7.79. The summed E-state index contributed by atoms with van der Waals surface area (Å²) in [5.74, 6) is 0. The van der Waals surface area contributed by atoms with E-state index in [0.29, 0.717) is 11.7 Å². The fourth-order valence-corrected chi connectivity index (χ4v) is 2.50. The standard InChI is InChI=1S/C11H13N3S2/c1-2-12-11(15)13-7-10-14-8-5-3-4-6-9(8)16-10/h3-6H,2,7H2,1H3,(H2,12,13,15). The number of para-hydroxylation sites is 1. The molecule has 84 valence electrons. The van der Waals surface area contributed by atoms with Gasteiger partial charge in [-0.2, -0.15) is 0 Å². The number of thiazole rings is 1. The molecule has 3 nitrogen and oxygen atoms in total. The van der Waals surface area contributed by atoms with E-state index in [-0.39, 0.29) is 0 Å². The lowest BCUT2D eigenvalue weighted by molar-refractivity contribution is 0.850. The number of hydrogen-bond donors (Lipinski definition) is 2. The predicted octanol–water partition coefficient (Wildman–Crippen LogP) is 2.28. The number of nitrogens with zero attached hydrogens (tertiary/aromatic N) is 1. The predicted molar refractivity (Wildman–Crippen MR) is 72.7 cm³/mol. The van der Waals surface area contributed by atoms with Crippen molar-refractivity contribution in [2.24, 2.45) is 0 Å². The van der Waals surface area contributed by atoms with E-state index in [0.717, 1.165) is 17.1 Å². The number of hydrogen-bond acceptors (Lipinski definition) is 3. The van der Waals surface area contributed by atoms with Crippen molar-refractivity contribution in [3.63, 3.8) is 0 Å². The summed E-state index contributed by atoms with van der Waals surface area (Å²) in [6, 6.07) is 8.14. The Kier molecular flexibility index (Phi) is 3.69. The average molecular weight is 251 g/mol. The number of rotatable bonds is 3. The molecule has 0 aliphatic heterocycles. The maximum atomic E-state index is 5.09. The normalized spacial score (nSPS) is 10.3. The van der Waals surface area contributed by atoms with Gasteiger partial charge in [-0.05, 0) is 31.3 Å². The molecule has 0 aliphatic rings. The van der Waals surface area contributed by atoms with E-state index < -0.39 is 0 Å². The smallest absolute Gasteiger partial charge is 0.166 e. The van der Waals surface area contributed by atoms with E-state index in [2.05, 4.69) is 21.7 Å². The topological polar surface area (TPSA) is 37.0 Å². The molecule has 2 rings (SSSR count). The van der Waals surface area contributed by atoms with Crippen molar-refractivity contribution < 1.29 is 0 Å². The van der Waals surface area contributed by atoms with E-state index in [1.807, 2.05) is 25.1 Å². The largest absolute Gasteiger partial charge is 0.363 e. The van der Waals surface area contributed by atoms with Gasteiger partial charge in [0, 0.05) is 6.54 Å². The fraction of sp³-hybridized carbons (Fsp3) is 0.273. The van der Waals surface area contributed by atoms with Crippen molar-refractivity contribution in [3.8, 4) is 0 Å². The van der Waals surface area contributed by atoms with Crippen molar-refractivity contribution in [1.29, 1.82) is 0 Å². The lowest BCUT2D eigenvalue weighted by Crippen LogP contribution is -2.34. The first-order valence-corrected chi connectivity index (χ1v) is 6.38. The summed E-state index contributed by atoms with van der Waals surface area (Å²) in [6.07, 6.45) is 0. The minimum absolute atomic E-state index is 0.682. The summed E-state index contributed by atoms with van der Waals surface area (Å²) in [6.45, 7) is 3.54. The van der Waals surface area contributed by atoms with E-state index in [4.69, 9.17) is 12.2 Å². The van der Waals surface area contributed by atoms with Crippen molar-refractivity contribution in [2.75, 3.05) is 6.54 Å². The van der Waals surface area contributed by atoms with Crippen LogP contribution in [0.2, 0.25) is 0 Å². The zero-order valence-electron chi connectivity index (χ0n) is 8.99. The number of nitrogens with one attached hydrogen (secondary N) is 2. The van der Waals surface area contributed by atoms with Gasteiger partial charge in [-0.1, -0.05) is 12.1 Å². The van der Waals surface area contributed by atoms with Crippen LogP contribution in [0.25, 0.3) is 10.2 Å². The van der Waals surface area contributed by atoms with Gasteiger partial charge in [0.15, 0.2) is 5.11 Å². The number of thiocarbonyl (C=S) groups is 1. The molecule has 0 fully saturated rings. The van der Waals surface area contributed by atoms with Crippen LogP contribution < -0.4 is 10.6 Å². The van der Waals surface area contributed by atoms with Crippen LogP contribution in [0, 0.1) is 0 Å². The lowest BCUT2D eigenvalue weighted by atomic mass is 10.3. The summed E-state index contributed by atoms with van der Waals surface area (Å²) in [5, 5.41) is 7.91. The molecule has 0 saturated carbocycles. The molecular formula is C11H13N3S2. The van der Waals surface area contributed by atoms with Crippen LogP contribution in [0.4, 0.5) is 0 Å². The third kappa shape index (κ3) is 2.68. The minimum atomic E-state index is 0.682. The second-order valence-electron chi connectivity index (χ2n) is 3.29. The van der Waals surface area contributed by atoms with Crippen LogP contribution in [0.15, 0.2) is 24.3 Å². The van der Waals surface area contributed by atoms with E-state index in [9.17, 15) is 0 Å². The molecule has 1 heterocycles. The average Bonchev–Trinajstić information content (AvgIpc) is 2.69. The maximum absolute atomic E-state index is 5.09.